The standard InChI is InChI=1S/C24H22N2O5S/c1-4-31-23(29)20-14(2)25-24-26(21(20)16-8-6-5-7-9-16)22(28)19(32-24)13-15-10-11-17(27)18(12-15)30-3/h5-13,21,27H,4H2,1-3H3/b19-13+. The van der Waals surface area contributed by atoms with Gasteiger partial charge in [0.2, 0.25) is 0 Å². The highest BCUT2D eigenvalue weighted by molar-refractivity contribution is 7.07. The number of carbonyl (C=O) groups excluding carboxylic acids is 1. The lowest BCUT2D eigenvalue weighted by Crippen LogP contribution is -2.39. The molecule has 0 fully saturated rings. The van der Waals surface area contributed by atoms with Gasteiger partial charge in [0.15, 0.2) is 16.3 Å². The maximum atomic E-state index is 13.5. The zero-order chi connectivity index (χ0) is 22.8. The molecule has 0 amide bonds. The van der Waals surface area contributed by atoms with Crippen LogP contribution in [0.25, 0.3) is 6.08 Å². The number of fused-ring (bicyclic) bond motifs is 1. The Kier molecular flexibility index (Phi) is 5.96. The van der Waals surface area contributed by atoms with Crippen LogP contribution in [-0.2, 0) is 9.53 Å². The molecule has 8 heteroatoms. The van der Waals surface area contributed by atoms with Crippen molar-refractivity contribution in [3.63, 3.8) is 0 Å². The largest absolute Gasteiger partial charge is 0.504 e. The number of aromatic hydroxyl groups is 1. The van der Waals surface area contributed by atoms with Crippen LogP contribution < -0.4 is 19.6 Å². The summed E-state index contributed by atoms with van der Waals surface area (Å²) in [6.45, 7) is 3.72. The fourth-order valence-electron chi connectivity index (χ4n) is 3.68. The lowest BCUT2D eigenvalue weighted by atomic mass is 9.96. The molecule has 0 aliphatic carbocycles. The van der Waals surface area contributed by atoms with Crippen LogP contribution >= 0.6 is 11.3 Å². The van der Waals surface area contributed by atoms with Gasteiger partial charge in [-0.1, -0.05) is 47.7 Å². The molecule has 1 aromatic heterocycles. The second kappa shape index (κ2) is 8.84. The molecule has 1 aliphatic rings. The maximum absolute atomic E-state index is 13.5. The summed E-state index contributed by atoms with van der Waals surface area (Å²) in [6, 6.07) is 13.6. The molecular formula is C24H22N2O5S. The Morgan fingerprint density at radius 3 is 2.69 bits per heavy atom. The van der Waals surface area contributed by atoms with Crippen molar-refractivity contribution in [2.24, 2.45) is 4.99 Å². The summed E-state index contributed by atoms with van der Waals surface area (Å²) in [6.07, 6.45) is 1.72. The molecule has 7 nitrogen and oxygen atoms in total. The molecule has 164 valence electrons. The number of methoxy groups -OCH3 is 1. The van der Waals surface area contributed by atoms with Gasteiger partial charge >= 0.3 is 5.97 Å². The first-order chi connectivity index (χ1) is 15.4. The zero-order valence-corrected chi connectivity index (χ0v) is 18.7. The molecule has 1 N–H and O–H groups in total. The predicted molar refractivity (Wildman–Crippen MR) is 121 cm³/mol. The first-order valence-electron chi connectivity index (χ1n) is 10.1. The van der Waals surface area contributed by atoms with E-state index in [1.54, 1.807) is 36.6 Å². The Morgan fingerprint density at radius 1 is 1.25 bits per heavy atom. The molecule has 1 unspecified atom stereocenters. The lowest BCUT2D eigenvalue weighted by molar-refractivity contribution is -0.139. The minimum atomic E-state index is -0.636. The number of thiazole rings is 1. The number of benzene rings is 2. The molecule has 32 heavy (non-hydrogen) atoms. The molecule has 3 aromatic rings. The monoisotopic (exact) mass is 450 g/mol. The summed E-state index contributed by atoms with van der Waals surface area (Å²) < 4.78 is 12.4. The second-order valence-electron chi connectivity index (χ2n) is 7.14. The summed E-state index contributed by atoms with van der Waals surface area (Å²) in [5, 5.41) is 9.84. The van der Waals surface area contributed by atoms with Crippen molar-refractivity contribution in [1.29, 1.82) is 0 Å². The van der Waals surface area contributed by atoms with Gasteiger partial charge in [-0.05, 0) is 43.2 Å². The third kappa shape index (κ3) is 3.85. The summed E-state index contributed by atoms with van der Waals surface area (Å²) in [7, 11) is 1.46. The van der Waals surface area contributed by atoms with Crippen LogP contribution in [0.1, 0.15) is 31.0 Å². The van der Waals surface area contributed by atoms with Crippen molar-refractivity contribution in [2.75, 3.05) is 13.7 Å². The van der Waals surface area contributed by atoms with Gasteiger partial charge in [0.25, 0.3) is 5.56 Å². The van der Waals surface area contributed by atoms with Crippen molar-refractivity contribution in [3.8, 4) is 11.5 Å². The fourth-order valence-corrected chi connectivity index (χ4v) is 4.72. The Hall–Kier alpha value is -3.65. The molecule has 1 aliphatic heterocycles. The Labute approximate surface area is 188 Å². The number of phenolic OH excluding ortho intramolecular Hbond substituents is 1. The van der Waals surface area contributed by atoms with Crippen LogP contribution in [0.3, 0.4) is 0 Å². The van der Waals surface area contributed by atoms with Crippen molar-refractivity contribution in [2.45, 2.75) is 19.9 Å². The summed E-state index contributed by atoms with van der Waals surface area (Å²) in [4.78, 5) is 31.4. The van der Waals surface area contributed by atoms with Crippen molar-refractivity contribution in [3.05, 3.63) is 90.6 Å². The number of allylic oxidation sites excluding steroid dienone is 1. The molecule has 0 radical (unpaired) electrons. The van der Waals surface area contributed by atoms with E-state index in [-0.39, 0.29) is 17.9 Å². The third-order valence-corrected chi connectivity index (χ3v) is 6.12. The number of hydrogen-bond acceptors (Lipinski definition) is 7. The van der Waals surface area contributed by atoms with E-state index in [0.717, 1.165) is 5.56 Å². The Bertz CT molecular complexity index is 1390. The average molecular weight is 451 g/mol. The van der Waals surface area contributed by atoms with Crippen molar-refractivity contribution < 1.29 is 19.4 Å². The number of ether oxygens (including phenoxy) is 2. The summed E-state index contributed by atoms with van der Waals surface area (Å²) in [5.74, 6) is -0.154. The number of rotatable bonds is 5. The molecule has 0 spiro atoms. The van der Waals surface area contributed by atoms with Gasteiger partial charge in [-0.25, -0.2) is 9.79 Å². The van der Waals surface area contributed by atoms with Gasteiger partial charge in [0.05, 0.1) is 35.6 Å². The van der Waals surface area contributed by atoms with E-state index >= 15 is 0 Å². The number of nitrogens with zero attached hydrogens (tertiary/aromatic N) is 2. The highest BCUT2D eigenvalue weighted by Gasteiger charge is 2.33. The van der Waals surface area contributed by atoms with Crippen LogP contribution in [0.4, 0.5) is 0 Å². The van der Waals surface area contributed by atoms with Gasteiger partial charge in [-0.2, -0.15) is 0 Å². The molecule has 2 aromatic carbocycles. The highest BCUT2D eigenvalue weighted by atomic mass is 32.1. The van der Waals surface area contributed by atoms with Gasteiger partial charge < -0.3 is 14.6 Å². The van der Waals surface area contributed by atoms with Gasteiger partial charge in [-0.3, -0.25) is 9.36 Å². The van der Waals surface area contributed by atoms with E-state index in [1.165, 1.54) is 24.5 Å². The van der Waals surface area contributed by atoms with Crippen LogP contribution in [0.5, 0.6) is 11.5 Å². The van der Waals surface area contributed by atoms with Crippen molar-refractivity contribution >= 4 is 23.4 Å². The molecule has 0 saturated carbocycles. The number of carbonyl (C=O) groups is 1. The number of phenols is 1. The number of esters is 1. The normalized spacial score (nSPS) is 15.8. The quantitative estimate of drug-likeness (QED) is 0.604. The van der Waals surface area contributed by atoms with Crippen LogP contribution in [0, 0.1) is 0 Å². The predicted octanol–water partition coefficient (Wildman–Crippen LogP) is 2.51. The van der Waals surface area contributed by atoms with E-state index in [0.29, 0.717) is 31.9 Å². The number of hydrogen-bond donors (Lipinski definition) is 1. The van der Waals surface area contributed by atoms with Gasteiger partial charge in [-0.15, -0.1) is 0 Å². The molecule has 2 heterocycles. The minimum absolute atomic E-state index is 0.0184. The fraction of sp³-hybridized carbons (Fsp3) is 0.208. The van der Waals surface area contributed by atoms with Gasteiger partial charge in [0.1, 0.15) is 0 Å². The van der Waals surface area contributed by atoms with E-state index in [4.69, 9.17) is 9.47 Å². The second-order valence-corrected chi connectivity index (χ2v) is 8.15. The molecule has 0 saturated heterocycles. The first kappa shape index (κ1) is 21.6. The molecule has 1 atom stereocenters. The number of aromatic nitrogens is 1. The van der Waals surface area contributed by atoms with E-state index in [1.807, 2.05) is 30.3 Å². The van der Waals surface area contributed by atoms with E-state index in [9.17, 15) is 14.7 Å². The van der Waals surface area contributed by atoms with Crippen LogP contribution in [0.15, 0.2) is 69.6 Å². The van der Waals surface area contributed by atoms with E-state index in [2.05, 4.69) is 4.99 Å². The topological polar surface area (TPSA) is 90.1 Å². The lowest BCUT2D eigenvalue weighted by Gasteiger charge is -2.24. The first-order valence-corrected chi connectivity index (χ1v) is 10.9. The van der Waals surface area contributed by atoms with Crippen LogP contribution in [0.2, 0.25) is 0 Å². The average Bonchev–Trinajstić information content (AvgIpc) is 3.09. The Morgan fingerprint density at radius 2 is 2.00 bits per heavy atom. The summed E-state index contributed by atoms with van der Waals surface area (Å²) >= 11 is 1.24. The van der Waals surface area contributed by atoms with Crippen molar-refractivity contribution in [1.82, 2.24) is 4.57 Å². The maximum Gasteiger partial charge on any atom is 0.338 e. The molecular weight excluding hydrogens is 428 g/mol. The molecule has 4 rings (SSSR count). The SMILES string of the molecule is CCOC(=O)C1=C(C)N=c2s/c(=C/c3ccc(O)c(OC)c3)c(=O)n2C1c1ccccc1. The smallest absolute Gasteiger partial charge is 0.338 e. The Balaban J connectivity index is 1.93. The van der Waals surface area contributed by atoms with Gasteiger partial charge in [0, 0.05) is 0 Å². The molecule has 0 bridgehead atoms. The zero-order valence-electron chi connectivity index (χ0n) is 17.9. The third-order valence-electron chi connectivity index (χ3n) is 5.13. The van der Waals surface area contributed by atoms with E-state index < -0.39 is 12.0 Å². The minimum Gasteiger partial charge on any atom is -0.504 e. The van der Waals surface area contributed by atoms with Crippen LogP contribution in [-0.4, -0.2) is 29.4 Å². The highest BCUT2D eigenvalue weighted by Crippen LogP contribution is 2.30. The summed E-state index contributed by atoms with van der Waals surface area (Å²) in [5.41, 5.74) is 2.11.